The maximum absolute atomic E-state index is 5.04. The minimum atomic E-state index is 0.629. The van der Waals surface area contributed by atoms with E-state index in [1.54, 1.807) is 0 Å². The van der Waals surface area contributed by atoms with Gasteiger partial charge in [0, 0.05) is 16.7 Å². The Morgan fingerprint density at radius 2 is 0.534 bits per heavy atom. The van der Waals surface area contributed by atoms with Crippen LogP contribution in [0.15, 0.2) is 224 Å². The molecule has 0 aliphatic heterocycles. The van der Waals surface area contributed by atoms with Crippen molar-refractivity contribution in [1.82, 2.24) is 15.0 Å². The van der Waals surface area contributed by atoms with Gasteiger partial charge in [-0.25, -0.2) is 15.0 Å². The van der Waals surface area contributed by atoms with Crippen LogP contribution >= 0.6 is 0 Å². The topological polar surface area (TPSA) is 38.7 Å². The second-order valence-electron chi connectivity index (χ2n) is 14.5. The first-order valence-corrected chi connectivity index (χ1v) is 19.6. The van der Waals surface area contributed by atoms with Crippen LogP contribution in [0.1, 0.15) is 0 Å². The Hall–Kier alpha value is -7.75. The smallest absolute Gasteiger partial charge is 0.164 e. The maximum atomic E-state index is 5.04. The Balaban J connectivity index is 1.12. The van der Waals surface area contributed by atoms with Crippen LogP contribution in [-0.4, -0.2) is 15.0 Å². The van der Waals surface area contributed by atoms with E-state index in [1.807, 2.05) is 60.7 Å². The lowest BCUT2D eigenvalue weighted by Crippen LogP contribution is -2.00. The molecule has 9 aromatic carbocycles. The summed E-state index contributed by atoms with van der Waals surface area (Å²) in [4.78, 5) is 15.0. The predicted molar refractivity (Wildman–Crippen MR) is 241 cm³/mol. The molecule has 0 aliphatic carbocycles. The summed E-state index contributed by atoms with van der Waals surface area (Å²) in [5.41, 5.74) is 14.4. The van der Waals surface area contributed by atoms with Crippen LogP contribution in [0.2, 0.25) is 0 Å². The van der Waals surface area contributed by atoms with Crippen LogP contribution < -0.4 is 0 Å². The van der Waals surface area contributed by atoms with Gasteiger partial charge in [0.05, 0.1) is 0 Å². The van der Waals surface area contributed by atoms with Gasteiger partial charge in [-0.2, -0.15) is 0 Å². The highest BCUT2D eigenvalue weighted by molar-refractivity contribution is 5.97. The molecular formula is C55H37N3. The number of hydrogen-bond donors (Lipinski definition) is 0. The molecule has 272 valence electrons. The van der Waals surface area contributed by atoms with Crippen molar-refractivity contribution in [3.05, 3.63) is 224 Å². The van der Waals surface area contributed by atoms with Crippen LogP contribution in [0.5, 0.6) is 0 Å². The molecule has 1 aromatic heterocycles. The van der Waals surface area contributed by atoms with Gasteiger partial charge in [0.1, 0.15) is 0 Å². The Kier molecular flexibility index (Phi) is 9.23. The third kappa shape index (κ3) is 7.09. The first-order chi connectivity index (χ1) is 28.7. The zero-order chi connectivity index (χ0) is 38.7. The average molecular weight is 740 g/mol. The van der Waals surface area contributed by atoms with Gasteiger partial charge in [-0.3, -0.25) is 0 Å². The number of hydrogen-bond acceptors (Lipinski definition) is 3. The quantitative estimate of drug-likeness (QED) is 0.156. The first-order valence-electron chi connectivity index (χ1n) is 19.6. The summed E-state index contributed by atoms with van der Waals surface area (Å²) in [6, 6.07) is 79.2. The molecule has 1 heterocycles. The van der Waals surface area contributed by atoms with Crippen LogP contribution in [0.4, 0.5) is 0 Å². The molecular weight excluding hydrogens is 703 g/mol. The molecule has 3 heteroatoms. The molecule has 0 spiro atoms. The summed E-state index contributed by atoms with van der Waals surface area (Å²) in [6.07, 6.45) is 0. The Morgan fingerprint density at radius 3 is 1.09 bits per heavy atom. The number of nitrogens with zero attached hydrogens (tertiary/aromatic N) is 3. The van der Waals surface area contributed by atoms with Gasteiger partial charge in [0.25, 0.3) is 0 Å². The van der Waals surface area contributed by atoms with E-state index < -0.39 is 0 Å². The average Bonchev–Trinajstić information content (AvgIpc) is 3.32. The maximum Gasteiger partial charge on any atom is 0.164 e. The number of fused-ring (bicyclic) bond motifs is 1. The predicted octanol–water partition coefficient (Wildman–Crippen LogP) is 14.4. The van der Waals surface area contributed by atoms with E-state index in [0.29, 0.717) is 17.5 Å². The molecule has 0 N–H and O–H groups in total. The number of rotatable bonds is 8. The van der Waals surface area contributed by atoms with Gasteiger partial charge in [0.15, 0.2) is 17.5 Å². The van der Waals surface area contributed by atoms with Crippen molar-refractivity contribution in [2.24, 2.45) is 0 Å². The van der Waals surface area contributed by atoms with E-state index >= 15 is 0 Å². The van der Waals surface area contributed by atoms with Gasteiger partial charge in [-0.1, -0.05) is 188 Å². The summed E-state index contributed by atoms with van der Waals surface area (Å²) in [6.45, 7) is 0. The van der Waals surface area contributed by atoms with E-state index in [1.165, 1.54) is 33.0 Å². The molecule has 10 aromatic rings. The molecule has 0 aliphatic rings. The van der Waals surface area contributed by atoms with Crippen molar-refractivity contribution in [3.63, 3.8) is 0 Å². The molecule has 10 rings (SSSR count). The molecule has 0 fully saturated rings. The van der Waals surface area contributed by atoms with Crippen molar-refractivity contribution in [2.75, 3.05) is 0 Å². The molecule has 0 saturated heterocycles. The summed E-state index contributed by atoms with van der Waals surface area (Å²) in [7, 11) is 0. The third-order valence-electron chi connectivity index (χ3n) is 10.7. The number of aromatic nitrogens is 3. The third-order valence-corrected chi connectivity index (χ3v) is 10.7. The van der Waals surface area contributed by atoms with Gasteiger partial charge in [-0.05, 0) is 103 Å². The van der Waals surface area contributed by atoms with E-state index in [0.717, 1.165) is 50.1 Å². The fourth-order valence-corrected chi connectivity index (χ4v) is 7.76. The first kappa shape index (κ1) is 34.7. The largest absolute Gasteiger partial charge is 0.208 e. The molecule has 0 radical (unpaired) electrons. The van der Waals surface area contributed by atoms with Crippen molar-refractivity contribution in [2.45, 2.75) is 0 Å². The normalized spacial score (nSPS) is 11.1. The number of benzene rings is 9. The second kappa shape index (κ2) is 15.4. The summed E-state index contributed by atoms with van der Waals surface area (Å²) in [5, 5.41) is 2.48. The zero-order valence-electron chi connectivity index (χ0n) is 31.7. The summed E-state index contributed by atoms with van der Waals surface area (Å²) < 4.78 is 0. The van der Waals surface area contributed by atoms with Crippen LogP contribution in [-0.2, 0) is 0 Å². The van der Waals surface area contributed by atoms with Gasteiger partial charge < -0.3 is 0 Å². The monoisotopic (exact) mass is 739 g/mol. The van der Waals surface area contributed by atoms with Crippen LogP contribution in [0.3, 0.4) is 0 Å². The van der Waals surface area contributed by atoms with Crippen molar-refractivity contribution < 1.29 is 0 Å². The molecule has 0 bridgehead atoms. The lowest BCUT2D eigenvalue weighted by molar-refractivity contribution is 1.07. The minimum absolute atomic E-state index is 0.629. The standard InChI is InChI=1S/C55H37N3/c1-4-16-38(17-5-1)42-24-12-25-43(32-42)48-35-49(44-26-13-28-46(33-44)52-31-15-23-39-18-10-11-30-51(39)52)37-50(36-48)45-27-14-29-47(34-45)55-57-53(40-19-6-2-7-20-40)56-54(58-55)41-21-8-3-9-22-41/h1-37H. The lowest BCUT2D eigenvalue weighted by Gasteiger charge is -2.14. The fraction of sp³-hybridized carbons (Fsp3) is 0. The Bertz CT molecular complexity index is 2980. The van der Waals surface area contributed by atoms with Gasteiger partial charge in [-0.15, -0.1) is 0 Å². The molecule has 0 amide bonds. The lowest BCUT2D eigenvalue weighted by atomic mass is 9.90. The highest BCUT2D eigenvalue weighted by Gasteiger charge is 2.15. The Labute approximate surface area is 338 Å². The zero-order valence-corrected chi connectivity index (χ0v) is 31.7. The molecule has 0 unspecified atom stereocenters. The van der Waals surface area contributed by atoms with E-state index in [4.69, 9.17) is 15.0 Å². The highest BCUT2D eigenvalue weighted by atomic mass is 15.0. The van der Waals surface area contributed by atoms with E-state index in [-0.39, 0.29) is 0 Å². The van der Waals surface area contributed by atoms with Crippen molar-refractivity contribution >= 4 is 10.8 Å². The van der Waals surface area contributed by atoms with Crippen molar-refractivity contribution in [3.8, 4) is 89.8 Å². The SMILES string of the molecule is c1ccc(-c2cccc(-c3cc(-c4cccc(-c5nc(-c6ccccc6)nc(-c6ccccc6)n5)c4)cc(-c4cccc(-c5cccc6ccccc56)c4)c3)c2)cc1. The summed E-state index contributed by atoms with van der Waals surface area (Å²) >= 11 is 0. The van der Waals surface area contributed by atoms with E-state index in [2.05, 4.69) is 164 Å². The molecule has 3 nitrogen and oxygen atoms in total. The second-order valence-corrected chi connectivity index (χ2v) is 14.5. The minimum Gasteiger partial charge on any atom is -0.208 e. The molecule has 0 saturated carbocycles. The van der Waals surface area contributed by atoms with Gasteiger partial charge in [0.2, 0.25) is 0 Å². The van der Waals surface area contributed by atoms with Crippen LogP contribution in [0, 0.1) is 0 Å². The van der Waals surface area contributed by atoms with Gasteiger partial charge >= 0.3 is 0 Å². The fourth-order valence-electron chi connectivity index (χ4n) is 7.76. The highest BCUT2D eigenvalue weighted by Crippen LogP contribution is 2.38. The molecule has 0 atom stereocenters. The van der Waals surface area contributed by atoms with Crippen molar-refractivity contribution in [1.29, 1.82) is 0 Å². The molecule has 58 heavy (non-hydrogen) atoms. The summed E-state index contributed by atoms with van der Waals surface area (Å²) in [5.74, 6) is 1.91. The Morgan fingerprint density at radius 1 is 0.207 bits per heavy atom. The van der Waals surface area contributed by atoms with E-state index in [9.17, 15) is 0 Å². The van der Waals surface area contributed by atoms with Crippen LogP contribution in [0.25, 0.3) is 101 Å².